The van der Waals surface area contributed by atoms with Crippen molar-refractivity contribution >= 4 is 11.6 Å². The van der Waals surface area contributed by atoms with Gasteiger partial charge >= 0.3 is 0 Å². The largest absolute Gasteiger partial charge is 0.457 e. The molecule has 3 aromatic carbocycles. The number of benzene rings is 3. The molecule has 160 valence electrons. The van der Waals surface area contributed by atoms with Gasteiger partial charge in [0.05, 0.1) is 0 Å². The van der Waals surface area contributed by atoms with Crippen LogP contribution in [0.4, 0.5) is 5.69 Å². The SMILES string of the molecule is CN(C)CC1Cc2ccccc2N(C(=O)CCc2ccc(Oc3ccccc3)cc2)C1. The molecule has 4 heteroatoms. The third kappa shape index (κ3) is 5.53. The van der Waals surface area contributed by atoms with Crippen molar-refractivity contribution in [3.63, 3.8) is 0 Å². The monoisotopic (exact) mass is 414 g/mol. The number of rotatable bonds is 7. The van der Waals surface area contributed by atoms with Crippen LogP contribution in [0.1, 0.15) is 17.5 Å². The highest BCUT2D eigenvalue weighted by atomic mass is 16.5. The average Bonchev–Trinajstić information content (AvgIpc) is 2.78. The molecule has 1 unspecified atom stereocenters. The normalized spacial score (nSPS) is 15.6. The number of hydrogen-bond acceptors (Lipinski definition) is 3. The van der Waals surface area contributed by atoms with Gasteiger partial charge in [-0.2, -0.15) is 0 Å². The number of carbonyl (C=O) groups is 1. The van der Waals surface area contributed by atoms with E-state index in [9.17, 15) is 4.79 Å². The van der Waals surface area contributed by atoms with Crippen molar-refractivity contribution in [3.05, 3.63) is 90.0 Å². The first-order valence-electron chi connectivity index (χ1n) is 10.9. The predicted molar refractivity (Wildman–Crippen MR) is 126 cm³/mol. The summed E-state index contributed by atoms with van der Waals surface area (Å²) in [4.78, 5) is 17.4. The number of anilines is 1. The van der Waals surface area contributed by atoms with Crippen molar-refractivity contribution in [2.75, 3.05) is 32.1 Å². The number of hydrogen-bond donors (Lipinski definition) is 0. The number of amides is 1. The van der Waals surface area contributed by atoms with Crippen molar-refractivity contribution < 1.29 is 9.53 Å². The van der Waals surface area contributed by atoms with E-state index in [0.29, 0.717) is 12.3 Å². The van der Waals surface area contributed by atoms with E-state index in [4.69, 9.17) is 4.74 Å². The fraction of sp³-hybridized carbons (Fsp3) is 0.296. The summed E-state index contributed by atoms with van der Waals surface area (Å²) in [6.45, 7) is 1.78. The topological polar surface area (TPSA) is 32.8 Å². The Kier molecular flexibility index (Phi) is 6.68. The fourth-order valence-electron chi connectivity index (χ4n) is 4.29. The van der Waals surface area contributed by atoms with Crippen molar-refractivity contribution in [2.24, 2.45) is 5.92 Å². The molecule has 1 atom stereocenters. The minimum absolute atomic E-state index is 0.195. The van der Waals surface area contributed by atoms with E-state index >= 15 is 0 Å². The van der Waals surface area contributed by atoms with Crippen LogP contribution in [0.15, 0.2) is 78.9 Å². The zero-order chi connectivity index (χ0) is 21.6. The molecular formula is C27H30N2O2. The van der Waals surface area contributed by atoms with Crippen LogP contribution in [-0.4, -0.2) is 38.0 Å². The maximum atomic E-state index is 13.2. The number of ether oxygens (including phenoxy) is 1. The molecule has 0 fully saturated rings. The van der Waals surface area contributed by atoms with Crippen LogP contribution in [0, 0.1) is 5.92 Å². The van der Waals surface area contributed by atoms with Crippen LogP contribution in [0.3, 0.4) is 0 Å². The molecule has 1 aliphatic heterocycles. The van der Waals surface area contributed by atoms with Crippen molar-refractivity contribution in [2.45, 2.75) is 19.3 Å². The van der Waals surface area contributed by atoms with Gasteiger partial charge in [-0.25, -0.2) is 0 Å². The Balaban J connectivity index is 1.38. The maximum Gasteiger partial charge on any atom is 0.227 e. The van der Waals surface area contributed by atoms with Gasteiger partial charge in [-0.05, 0) is 74.3 Å². The lowest BCUT2D eigenvalue weighted by Gasteiger charge is -2.36. The van der Waals surface area contributed by atoms with Crippen LogP contribution in [-0.2, 0) is 17.6 Å². The van der Waals surface area contributed by atoms with Gasteiger partial charge in [0.15, 0.2) is 0 Å². The minimum atomic E-state index is 0.195. The lowest BCUT2D eigenvalue weighted by Crippen LogP contribution is -2.43. The number of nitrogens with zero attached hydrogens (tertiary/aromatic N) is 2. The fourth-order valence-corrected chi connectivity index (χ4v) is 4.29. The van der Waals surface area contributed by atoms with Gasteiger partial charge in [-0.1, -0.05) is 48.5 Å². The quantitative estimate of drug-likeness (QED) is 0.534. The van der Waals surface area contributed by atoms with Gasteiger partial charge < -0.3 is 14.5 Å². The number of aryl methyl sites for hydroxylation is 1. The predicted octanol–water partition coefficient (Wildman–Crippen LogP) is 5.18. The first-order chi connectivity index (χ1) is 15.1. The van der Waals surface area contributed by atoms with E-state index in [-0.39, 0.29) is 5.91 Å². The van der Waals surface area contributed by atoms with Crippen molar-refractivity contribution in [3.8, 4) is 11.5 Å². The van der Waals surface area contributed by atoms with Crippen LogP contribution in [0.5, 0.6) is 11.5 Å². The van der Waals surface area contributed by atoms with Crippen molar-refractivity contribution in [1.82, 2.24) is 4.90 Å². The Morgan fingerprint density at radius 2 is 1.61 bits per heavy atom. The highest BCUT2D eigenvalue weighted by molar-refractivity contribution is 5.94. The molecule has 31 heavy (non-hydrogen) atoms. The van der Waals surface area contributed by atoms with Gasteiger partial charge in [0.25, 0.3) is 0 Å². The number of para-hydroxylation sites is 2. The Morgan fingerprint density at radius 1 is 0.935 bits per heavy atom. The molecule has 3 aromatic rings. The van der Waals surface area contributed by atoms with Gasteiger partial charge in [0.1, 0.15) is 11.5 Å². The molecule has 0 saturated carbocycles. The van der Waals surface area contributed by atoms with Crippen LogP contribution in [0.2, 0.25) is 0 Å². The minimum Gasteiger partial charge on any atom is -0.457 e. The first kappa shape index (κ1) is 21.1. The molecule has 0 aliphatic carbocycles. The first-order valence-corrected chi connectivity index (χ1v) is 10.9. The second kappa shape index (κ2) is 9.80. The van der Waals surface area contributed by atoms with Gasteiger partial charge in [-0.3, -0.25) is 4.79 Å². The molecular weight excluding hydrogens is 384 g/mol. The molecule has 0 radical (unpaired) electrons. The summed E-state index contributed by atoms with van der Waals surface area (Å²) in [5.41, 5.74) is 3.49. The smallest absolute Gasteiger partial charge is 0.227 e. The Bertz CT molecular complexity index is 999. The Hall–Kier alpha value is -3.11. The molecule has 0 aromatic heterocycles. The molecule has 4 rings (SSSR count). The summed E-state index contributed by atoms with van der Waals surface area (Å²) in [5, 5.41) is 0. The maximum absolute atomic E-state index is 13.2. The zero-order valence-corrected chi connectivity index (χ0v) is 18.3. The second-order valence-electron chi connectivity index (χ2n) is 8.52. The van der Waals surface area contributed by atoms with Crippen molar-refractivity contribution in [1.29, 1.82) is 0 Å². The van der Waals surface area contributed by atoms with Crippen LogP contribution >= 0.6 is 0 Å². The molecule has 0 saturated heterocycles. The summed E-state index contributed by atoms with van der Waals surface area (Å²) in [5.74, 6) is 2.28. The van der Waals surface area contributed by atoms with E-state index in [0.717, 1.165) is 48.7 Å². The standard InChI is InChI=1S/C27H30N2O2/c1-28(2)19-22-18-23-8-6-7-11-26(23)29(20-22)27(30)17-14-21-12-15-25(16-13-21)31-24-9-4-3-5-10-24/h3-13,15-16,22H,14,17-20H2,1-2H3. The molecule has 4 nitrogen and oxygen atoms in total. The number of carbonyl (C=O) groups excluding carboxylic acids is 1. The van der Waals surface area contributed by atoms with E-state index in [2.05, 4.69) is 37.2 Å². The second-order valence-corrected chi connectivity index (χ2v) is 8.52. The molecule has 1 amide bonds. The van der Waals surface area contributed by atoms with Gasteiger partial charge in [0, 0.05) is 25.2 Å². The average molecular weight is 415 g/mol. The summed E-state index contributed by atoms with van der Waals surface area (Å²) >= 11 is 0. The van der Waals surface area contributed by atoms with E-state index < -0.39 is 0 Å². The van der Waals surface area contributed by atoms with E-state index in [1.54, 1.807) is 0 Å². The summed E-state index contributed by atoms with van der Waals surface area (Å²) in [6, 6.07) is 26.1. The third-order valence-electron chi connectivity index (χ3n) is 5.69. The lowest BCUT2D eigenvalue weighted by molar-refractivity contribution is -0.118. The third-order valence-corrected chi connectivity index (χ3v) is 5.69. The van der Waals surface area contributed by atoms with Crippen LogP contribution < -0.4 is 9.64 Å². The summed E-state index contributed by atoms with van der Waals surface area (Å²) in [7, 11) is 4.19. The van der Waals surface area contributed by atoms with Gasteiger partial charge in [0.2, 0.25) is 5.91 Å². The summed E-state index contributed by atoms with van der Waals surface area (Å²) < 4.78 is 5.86. The molecule has 0 spiro atoms. The lowest BCUT2D eigenvalue weighted by atomic mass is 9.91. The van der Waals surface area contributed by atoms with Crippen LogP contribution in [0.25, 0.3) is 0 Å². The highest BCUT2D eigenvalue weighted by Gasteiger charge is 2.28. The van der Waals surface area contributed by atoms with E-state index in [1.165, 1.54) is 5.56 Å². The van der Waals surface area contributed by atoms with Gasteiger partial charge in [-0.15, -0.1) is 0 Å². The molecule has 0 bridgehead atoms. The molecule has 0 N–H and O–H groups in total. The van der Waals surface area contributed by atoms with E-state index in [1.807, 2.05) is 65.6 Å². The molecule has 1 heterocycles. The highest BCUT2D eigenvalue weighted by Crippen LogP contribution is 2.30. The molecule has 1 aliphatic rings. The summed E-state index contributed by atoms with van der Waals surface area (Å²) in [6.07, 6.45) is 2.25. The zero-order valence-electron chi connectivity index (χ0n) is 18.3. The number of fused-ring (bicyclic) bond motifs is 1. The Morgan fingerprint density at radius 3 is 2.35 bits per heavy atom. The Labute approximate surface area is 185 Å².